The van der Waals surface area contributed by atoms with E-state index in [4.69, 9.17) is 17.5 Å². The summed E-state index contributed by atoms with van der Waals surface area (Å²) in [6.45, 7) is 0.222. The van der Waals surface area contributed by atoms with Gasteiger partial charge in [-0.1, -0.05) is 0 Å². The molecule has 1 N–H and O–H groups in total. The number of halogens is 3. The van der Waals surface area contributed by atoms with Crippen molar-refractivity contribution in [3.05, 3.63) is 58.9 Å². The molecule has 0 spiro atoms. The molecule has 30 heavy (non-hydrogen) atoms. The lowest BCUT2D eigenvalue weighted by atomic mass is 10.1. The molecule has 2 aromatic rings. The van der Waals surface area contributed by atoms with Gasteiger partial charge in [0.1, 0.15) is 23.5 Å². The maximum atomic E-state index is 14.6. The van der Waals surface area contributed by atoms with Crippen LogP contribution in [0, 0.1) is 28.8 Å². The van der Waals surface area contributed by atoms with Gasteiger partial charge < -0.3 is 10.2 Å². The number of hydrogen-bond acceptors (Lipinski definition) is 4. The molecule has 0 aliphatic carbocycles. The zero-order valence-electron chi connectivity index (χ0n) is 15.7. The van der Waals surface area contributed by atoms with Crippen LogP contribution >= 0.6 is 12.2 Å². The number of benzene rings is 2. The Balaban J connectivity index is 2.04. The third-order valence-corrected chi connectivity index (χ3v) is 4.98. The zero-order chi connectivity index (χ0) is 22.0. The van der Waals surface area contributed by atoms with Crippen LogP contribution in [0.3, 0.4) is 0 Å². The smallest absolute Gasteiger partial charge is 0.253 e. The van der Waals surface area contributed by atoms with Gasteiger partial charge in [0.15, 0.2) is 5.11 Å². The van der Waals surface area contributed by atoms with Crippen molar-refractivity contribution >= 4 is 40.5 Å². The molecule has 1 fully saturated rings. The predicted molar refractivity (Wildman–Crippen MR) is 108 cm³/mol. The van der Waals surface area contributed by atoms with Crippen LogP contribution in [-0.2, 0) is 4.79 Å². The van der Waals surface area contributed by atoms with Crippen molar-refractivity contribution < 1.29 is 22.8 Å². The molecular formula is C20H15F3N4O2S. The average molecular weight is 432 g/mol. The van der Waals surface area contributed by atoms with Crippen molar-refractivity contribution in [2.45, 2.75) is 12.8 Å². The number of thiocarbonyl (C=S) groups is 1. The minimum Gasteiger partial charge on any atom is -0.355 e. The lowest BCUT2D eigenvalue weighted by Crippen LogP contribution is -2.44. The van der Waals surface area contributed by atoms with E-state index in [2.05, 4.69) is 5.32 Å². The van der Waals surface area contributed by atoms with E-state index >= 15 is 0 Å². The number of anilines is 2. The first kappa shape index (κ1) is 21.3. The molecule has 0 saturated carbocycles. The van der Waals surface area contributed by atoms with Gasteiger partial charge in [0, 0.05) is 31.8 Å². The van der Waals surface area contributed by atoms with Crippen LogP contribution in [0.1, 0.15) is 28.8 Å². The highest BCUT2D eigenvalue weighted by Crippen LogP contribution is 2.29. The standard InChI is InChI=1S/C20H15F3N4O2S/c1-25-19(29)13-5-4-12(8-15(13)22)26-6-2-3-18(28)27(20(26)30)17-9-14(21)11(10-24)7-16(17)23/h4-5,7-9H,2-3,6H2,1H3,(H,25,29). The number of carbonyl (C=O) groups is 2. The number of nitrogens with zero attached hydrogens (tertiary/aromatic N) is 3. The fraction of sp³-hybridized carbons (Fsp3) is 0.200. The van der Waals surface area contributed by atoms with Crippen LogP contribution in [0.4, 0.5) is 24.5 Å². The van der Waals surface area contributed by atoms with Crippen molar-refractivity contribution in [3.63, 3.8) is 0 Å². The van der Waals surface area contributed by atoms with Gasteiger partial charge in [0.2, 0.25) is 5.91 Å². The number of rotatable bonds is 3. The first-order chi connectivity index (χ1) is 14.3. The molecule has 0 aromatic heterocycles. The summed E-state index contributed by atoms with van der Waals surface area (Å²) in [5.74, 6) is -3.96. The molecule has 0 bridgehead atoms. The van der Waals surface area contributed by atoms with Gasteiger partial charge in [-0.15, -0.1) is 0 Å². The maximum absolute atomic E-state index is 14.6. The Morgan fingerprint density at radius 1 is 1.17 bits per heavy atom. The summed E-state index contributed by atoms with van der Waals surface area (Å²) < 4.78 is 43.1. The molecule has 1 heterocycles. The highest BCUT2D eigenvalue weighted by Gasteiger charge is 2.31. The van der Waals surface area contributed by atoms with Gasteiger partial charge in [-0.3, -0.25) is 14.5 Å². The zero-order valence-corrected chi connectivity index (χ0v) is 16.5. The summed E-state index contributed by atoms with van der Waals surface area (Å²) >= 11 is 5.37. The summed E-state index contributed by atoms with van der Waals surface area (Å²) in [6, 6.07) is 6.75. The predicted octanol–water partition coefficient (Wildman–Crippen LogP) is 3.25. The van der Waals surface area contributed by atoms with Crippen LogP contribution < -0.4 is 15.1 Å². The molecule has 2 aromatic carbocycles. The van der Waals surface area contributed by atoms with Crippen LogP contribution in [0.15, 0.2) is 30.3 Å². The van der Waals surface area contributed by atoms with E-state index in [1.165, 1.54) is 30.1 Å². The fourth-order valence-electron chi connectivity index (χ4n) is 3.08. The normalized spacial score (nSPS) is 14.4. The average Bonchev–Trinajstić information content (AvgIpc) is 2.86. The maximum Gasteiger partial charge on any atom is 0.253 e. The van der Waals surface area contributed by atoms with Gasteiger partial charge in [-0.2, -0.15) is 5.26 Å². The third kappa shape index (κ3) is 3.84. The molecule has 0 radical (unpaired) electrons. The van der Waals surface area contributed by atoms with Crippen LogP contribution in [-0.4, -0.2) is 30.5 Å². The third-order valence-electron chi connectivity index (χ3n) is 4.58. The minimum atomic E-state index is -0.999. The number of amides is 2. The SMILES string of the molecule is CNC(=O)c1ccc(N2CCCC(=O)N(c3cc(F)c(C#N)cc3F)C2=S)cc1F. The monoisotopic (exact) mass is 432 g/mol. The van der Waals surface area contributed by atoms with E-state index in [0.29, 0.717) is 12.5 Å². The van der Waals surface area contributed by atoms with Gasteiger partial charge in [-0.25, -0.2) is 13.2 Å². The Morgan fingerprint density at radius 3 is 2.53 bits per heavy atom. The lowest BCUT2D eigenvalue weighted by molar-refractivity contribution is -0.117. The molecule has 3 rings (SSSR count). The van der Waals surface area contributed by atoms with Crippen molar-refractivity contribution in [1.29, 1.82) is 5.26 Å². The summed E-state index contributed by atoms with van der Waals surface area (Å²) in [5.41, 5.74) is -0.862. The van der Waals surface area contributed by atoms with Crippen LogP contribution in [0.25, 0.3) is 0 Å². The van der Waals surface area contributed by atoms with E-state index in [1.807, 2.05) is 0 Å². The summed E-state index contributed by atoms with van der Waals surface area (Å²) in [7, 11) is 1.37. The Hall–Kier alpha value is -3.45. The molecule has 1 aliphatic heterocycles. The van der Waals surface area contributed by atoms with Crippen LogP contribution in [0.2, 0.25) is 0 Å². The lowest BCUT2D eigenvalue weighted by Gasteiger charge is -2.30. The molecule has 0 unspecified atom stereocenters. The van der Waals surface area contributed by atoms with E-state index in [9.17, 15) is 22.8 Å². The summed E-state index contributed by atoms with van der Waals surface area (Å²) in [4.78, 5) is 26.5. The van der Waals surface area contributed by atoms with Gasteiger partial charge in [0.25, 0.3) is 5.91 Å². The molecular weight excluding hydrogens is 417 g/mol. The molecule has 154 valence electrons. The molecule has 0 atom stereocenters. The number of hydrogen-bond donors (Lipinski definition) is 1. The second kappa shape index (κ2) is 8.51. The summed E-state index contributed by atoms with van der Waals surface area (Å²) in [5, 5.41) is 11.0. The second-order valence-corrected chi connectivity index (χ2v) is 6.77. The molecule has 6 nitrogen and oxygen atoms in total. The van der Waals surface area contributed by atoms with Crippen LogP contribution in [0.5, 0.6) is 0 Å². The van der Waals surface area contributed by atoms with E-state index in [-0.39, 0.29) is 29.3 Å². The quantitative estimate of drug-likeness (QED) is 0.754. The molecule has 1 aliphatic rings. The molecule has 10 heteroatoms. The number of nitrogens with one attached hydrogen (secondary N) is 1. The Kier molecular flexibility index (Phi) is 6.03. The van der Waals surface area contributed by atoms with Crippen molar-refractivity contribution in [2.24, 2.45) is 0 Å². The number of nitriles is 1. The Morgan fingerprint density at radius 2 is 1.90 bits per heavy atom. The van der Waals surface area contributed by atoms with Gasteiger partial charge in [0.05, 0.1) is 16.8 Å². The van der Waals surface area contributed by atoms with Gasteiger partial charge >= 0.3 is 0 Å². The van der Waals surface area contributed by atoms with E-state index in [1.54, 1.807) is 0 Å². The molecule has 2 amide bonds. The highest BCUT2D eigenvalue weighted by atomic mass is 32.1. The summed E-state index contributed by atoms with van der Waals surface area (Å²) in [6.07, 6.45) is 0.325. The molecule has 1 saturated heterocycles. The second-order valence-electron chi connectivity index (χ2n) is 6.41. The van der Waals surface area contributed by atoms with Crippen molar-refractivity contribution in [1.82, 2.24) is 5.32 Å². The number of carbonyl (C=O) groups excluding carboxylic acids is 2. The largest absolute Gasteiger partial charge is 0.355 e. The first-order valence-electron chi connectivity index (χ1n) is 8.83. The Labute approximate surface area is 175 Å². The topological polar surface area (TPSA) is 76.4 Å². The first-order valence-corrected chi connectivity index (χ1v) is 9.24. The van der Waals surface area contributed by atoms with Crippen molar-refractivity contribution in [3.8, 4) is 6.07 Å². The van der Waals surface area contributed by atoms with Crippen molar-refractivity contribution in [2.75, 3.05) is 23.4 Å². The highest BCUT2D eigenvalue weighted by molar-refractivity contribution is 7.81. The Bertz CT molecular complexity index is 1100. The van der Waals surface area contributed by atoms with Gasteiger partial charge in [-0.05, 0) is 42.9 Å². The van der Waals surface area contributed by atoms with E-state index in [0.717, 1.165) is 17.0 Å². The fourth-order valence-corrected chi connectivity index (χ4v) is 3.48. The minimum absolute atomic E-state index is 0.00347. The van der Waals surface area contributed by atoms with E-state index < -0.39 is 40.5 Å².